The highest BCUT2D eigenvalue weighted by atomic mass is 19.1. The molecule has 1 aromatic carbocycles. The van der Waals surface area contributed by atoms with Crippen molar-refractivity contribution >= 4 is 23.8 Å². The normalized spacial score (nSPS) is 9.94. The van der Waals surface area contributed by atoms with Gasteiger partial charge in [0.15, 0.2) is 0 Å². The second kappa shape index (κ2) is 6.00. The number of esters is 1. The van der Waals surface area contributed by atoms with E-state index in [-0.39, 0.29) is 23.5 Å². The number of anilines is 2. The maximum atomic E-state index is 13.7. The third kappa shape index (κ3) is 2.77. The lowest BCUT2D eigenvalue weighted by molar-refractivity contribution is -0.107. The Morgan fingerprint density at radius 3 is 2.67 bits per heavy atom. The zero-order valence-electron chi connectivity index (χ0n) is 10.3. The van der Waals surface area contributed by atoms with Crippen LogP contribution < -0.4 is 10.6 Å². The van der Waals surface area contributed by atoms with Crippen LogP contribution in [0.15, 0.2) is 12.1 Å². The average molecular weight is 254 g/mol. The number of carbonyl (C=O) groups is 2. The molecule has 0 atom stereocenters. The number of rotatable bonds is 5. The summed E-state index contributed by atoms with van der Waals surface area (Å²) in [5.74, 6) is -1.54. The van der Waals surface area contributed by atoms with Gasteiger partial charge in [0.05, 0.1) is 23.5 Å². The van der Waals surface area contributed by atoms with E-state index in [1.165, 1.54) is 11.0 Å². The predicted molar refractivity (Wildman–Crippen MR) is 65.9 cm³/mol. The van der Waals surface area contributed by atoms with Crippen LogP contribution in [0.4, 0.5) is 15.8 Å². The smallest absolute Gasteiger partial charge is 0.341 e. The van der Waals surface area contributed by atoms with Crippen LogP contribution in [-0.4, -0.2) is 25.5 Å². The van der Waals surface area contributed by atoms with Crippen molar-refractivity contribution < 1.29 is 18.7 Å². The molecule has 1 aromatic rings. The lowest BCUT2D eigenvalue weighted by Crippen LogP contribution is -2.22. The van der Waals surface area contributed by atoms with Gasteiger partial charge in [0.25, 0.3) is 0 Å². The predicted octanol–water partition coefficient (Wildman–Crippen LogP) is 1.57. The molecule has 0 saturated carbocycles. The third-order valence-corrected chi connectivity index (χ3v) is 2.39. The van der Waals surface area contributed by atoms with Crippen molar-refractivity contribution in [1.82, 2.24) is 0 Å². The number of carbonyl (C=O) groups excluding carboxylic acids is 2. The summed E-state index contributed by atoms with van der Waals surface area (Å²) in [6.07, 6.45) is 0.551. The summed E-state index contributed by atoms with van der Waals surface area (Å²) >= 11 is 0. The van der Waals surface area contributed by atoms with Gasteiger partial charge in [-0.1, -0.05) is 0 Å². The highest BCUT2D eigenvalue weighted by Gasteiger charge is 2.17. The molecular formula is C12H15FN2O3. The molecule has 0 spiro atoms. The summed E-state index contributed by atoms with van der Waals surface area (Å²) < 4.78 is 18.4. The molecule has 0 aliphatic carbocycles. The number of hydrogen-bond donors (Lipinski definition) is 1. The van der Waals surface area contributed by atoms with Crippen LogP contribution in [-0.2, 0) is 9.53 Å². The van der Waals surface area contributed by atoms with Crippen LogP contribution >= 0.6 is 0 Å². The Hall–Kier alpha value is -2.11. The van der Waals surface area contributed by atoms with E-state index >= 15 is 0 Å². The molecule has 0 fully saturated rings. The average Bonchev–Trinajstić information content (AvgIpc) is 2.34. The maximum Gasteiger partial charge on any atom is 0.341 e. The zero-order chi connectivity index (χ0) is 13.7. The van der Waals surface area contributed by atoms with Crippen molar-refractivity contribution in [3.63, 3.8) is 0 Å². The van der Waals surface area contributed by atoms with E-state index in [2.05, 4.69) is 0 Å². The minimum Gasteiger partial charge on any atom is -0.462 e. The van der Waals surface area contributed by atoms with Crippen molar-refractivity contribution in [2.24, 2.45) is 0 Å². The van der Waals surface area contributed by atoms with Crippen molar-refractivity contribution in [3.8, 4) is 0 Å². The number of hydrogen-bond acceptors (Lipinski definition) is 4. The minimum atomic E-state index is -0.776. The van der Waals surface area contributed by atoms with Crippen LogP contribution in [0.2, 0.25) is 0 Å². The number of amides is 1. The van der Waals surface area contributed by atoms with Gasteiger partial charge in [0.2, 0.25) is 6.41 Å². The van der Waals surface area contributed by atoms with Crippen LogP contribution in [0.25, 0.3) is 0 Å². The molecule has 0 radical (unpaired) electrons. The highest BCUT2D eigenvalue weighted by molar-refractivity contribution is 5.93. The first-order valence-electron chi connectivity index (χ1n) is 5.53. The number of ether oxygens (including phenoxy) is 1. The molecule has 0 heterocycles. The van der Waals surface area contributed by atoms with Gasteiger partial charge < -0.3 is 15.4 Å². The van der Waals surface area contributed by atoms with Gasteiger partial charge in [0.1, 0.15) is 5.82 Å². The molecule has 0 aromatic heterocycles. The molecule has 0 unspecified atom stereocenters. The Kier molecular flexibility index (Phi) is 4.65. The highest BCUT2D eigenvalue weighted by Crippen LogP contribution is 2.26. The molecule has 1 rings (SSSR count). The summed E-state index contributed by atoms with van der Waals surface area (Å²) in [7, 11) is 0. The van der Waals surface area contributed by atoms with Crippen molar-refractivity contribution in [3.05, 3.63) is 23.5 Å². The van der Waals surface area contributed by atoms with E-state index < -0.39 is 11.8 Å². The van der Waals surface area contributed by atoms with Gasteiger partial charge in [-0.25, -0.2) is 9.18 Å². The Bertz CT molecular complexity index is 463. The van der Waals surface area contributed by atoms with E-state index in [9.17, 15) is 14.0 Å². The van der Waals surface area contributed by atoms with Gasteiger partial charge in [0, 0.05) is 12.6 Å². The molecule has 98 valence electrons. The molecule has 0 bridgehead atoms. The maximum absolute atomic E-state index is 13.7. The van der Waals surface area contributed by atoms with Crippen molar-refractivity contribution in [2.75, 3.05) is 23.8 Å². The Balaban J connectivity index is 3.19. The quantitative estimate of drug-likeness (QED) is 0.491. The van der Waals surface area contributed by atoms with Gasteiger partial charge >= 0.3 is 5.97 Å². The fraction of sp³-hybridized carbons (Fsp3) is 0.333. The molecule has 0 aliphatic rings. The summed E-state index contributed by atoms with van der Waals surface area (Å²) in [5, 5.41) is 0. The van der Waals surface area contributed by atoms with Gasteiger partial charge in [-0.3, -0.25) is 4.79 Å². The van der Waals surface area contributed by atoms with Gasteiger partial charge in [-0.15, -0.1) is 0 Å². The van der Waals surface area contributed by atoms with E-state index in [1.807, 2.05) is 0 Å². The summed E-state index contributed by atoms with van der Waals surface area (Å²) in [4.78, 5) is 23.5. The van der Waals surface area contributed by atoms with E-state index in [1.54, 1.807) is 13.8 Å². The van der Waals surface area contributed by atoms with E-state index in [0.29, 0.717) is 13.0 Å². The fourth-order valence-electron chi connectivity index (χ4n) is 1.50. The van der Waals surface area contributed by atoms with Crippen molar-refractivity contribution in [2.45, 2.75) is 13.8 Å². The lowest BCUT2D eigenvalue weighted by atomic mass is 10.1. The Morgan fingerprint density at radius 2 is 2.17 bits per heavy atom. The standard InChI is InChI=1S/C12H15FN2O3/c1-3-15(7-16)11-6-9(13)8(5-10(11)14)12(17)18-4-2/h5-7H,3-4,14H2,1-2H3. The molecule has 2 N–H and O–H groups in total. The SMILES string of the molecule is CCOC(=O)c1cc(N)c(N(C=O)CC)cc1F. The molecule has 18 heavy (non-hydrogen) atoms. The summed E-state index contributed by atoms with van der Waals surface area (Å²) in [6.45, 7) is 3.85. The molecule has 0 saturated heterocycles. The van der Waals surface area contributed by atoms with E-state index in [4.69, 9.17) is 10.5 Å². The van der Waals surface area contributed by atoms with Gasteiger partial charge in [-0.05, 0) is 19.9 Å². The zero-order valence-corrected chi connectivity index (χ0v) is 10.3. The first-order valence-corrected chi connectivity index (χ1v) is 5.53. The molecule has 1 amide bonds. The second-order valence-corrected chi connectivity index (χ2v) is 3.50. The molecule has 0 aliphatic heterocycles. The summed E-state index contributed by atoms with van der Waals surface area (Å²) in [5.41, 5.74) is 5.85. The minimum absolute atomic E-state index is 0.147. The third-order valence-electron chi connectivity index (χ3n) is 2.39. The number of nitrogens with two attached hydrogens (primary N) is 1. The molecule has 5 nitrogen and oxygen atoms in total. The number of benzene rings is 1. The van der Waals surface area contributed by atoms with Crippen LogP contribution in [0, 0.1) is 5.82 Å². The van der Waals surface area contributed by atoms with Crippen LogP contribution in [0.3, 0.4) is 0 Å². The second-order valence-electron chi connectivity index (χ2n) is 3.50. The first-order chi connectivity index (χ1) is 8.54. The number of nitrogen functional groups attached to an aromatic ring is 1. The van der Waals surface area contributed by atoms with Crippen molar-refractivity contribution in [1.29, 1.82) is 0 Å². The van der Waals surface area contributed by atoms with Gasteiger partial charge in [-0.2, -0.15) is 0 Å². The Labute approximate surface area is 104 Å². The van der Waals surface area contributed by atoms with Crippen LogP contribution in [0.5, 0.6) is 0 Å². The molecular weight excluding hydrogens is 239 g/mol. The van der Waals surface area contributed by atoms with E-state index in [0.717, 1.165) is 6.07 Å². The largest absolute Gasteiger partial charge is 0.462 e. The topological polar surface area (TPSA) is 72.6 Å². The first kappa shape index (κ1) is 14.0. The Morgan fingerprint density at radius 1 is 1.50 bits per heavy atom. The fourth-order valence-corrected chi connectivity index (χ4v) is 1.50. The molecule has 6 heteroatoms. The van der Waals surface area contributed by atoms with Crippen LogP contribution in [0.1, 0.15) is 24.2 Å². The number of nitrogens with zero attached hydrogens (tertiary/aromatic N) is 1. The number of halogens is 1. The summed E-state index contributed by atoms with van der Waals surface area (Å²) in [6, 6.07) is 2.23. The lowest BCUT2D eigenvalue weighted by Gasteiger charge is -2.18. The monoisotopic (exact) mass is 254 g/mol.